The topological polar surface area (TPSA) is 59.1 Å². The van der Waals surface area contributed by atoms with Crippen molar-refractivity contribution in [3.63, 3.8) is 0 Å². The van der Waals surface area contributed by atoms with E-state index < -0.39 is 15.8 Å². The summed E-state index contributed by atoms with van der Waals surface area (Å²) >= 11 is 11.5. The second-order valence-corrected chi connectivity index (χ2v) is 6.43. The number of pyridine rings is 1. The van der Waals surface area contributed by atoms with Crippen LogP contribution in [0.25, 0.3) is 0 Å². The van der Waals surface area contributed by atoms with Gasteiger partial charge >= 0.3 is 0 Å². The van der Waals surface area contributed by atoms with Gasteiger partial charge in [-0.2, -0.15) is 0 Å². The maximum atomic E-state index is 13.2. The highest BCUT2D eigenvalue weighted by atomic mass is 35.5. The van der Waals surface area contributed by atoms with Crippen LogP contribution in [0, 0.1) is 12.7 Å². The molecular weight excluding hydrogens is 326 g/mol. The minimum atomic E-state index is -4.00. The number of rotatable bonds is 3. The lowest BCUT2D eigenvalue weighted by Gasteiger charge is -2.10. The fraction of sp³-hybridized carbons (Fsp3) is 0.0833. The SMILES string of the molecule is Cc1cc(NS(=O)(=O)c2cc(F)ccc2Cl)cnc1Cl. The fourth-order valence-electron chi connectivity index (χ4n) is 1.51. The van der Waals surface area contributed by atoms with Crippen LogP contribution in [-0.2, 0) is 10.0 Å². The third kappa shape index (κ3) is 3.20. The Morgan fingerprint density at radius 2 is 1.95 bits per heavy atom. The Morgan fingerprint density at radius 1 is 1.25 bits per heavy atom. The maximum Gasteiger partial charge on any atom is 0.263 e. The summed E-state index contributed by atoms with van der Waals surface area (Å²) in [5.41, 5.74) is 0.824. The first-order valence-corrected chi connectivity index (χ1v) is 7.63. The molecule has 106 valence electrons. The fourth-order valence-corrected chi connectivity index (χ4v) is 3.16. The monoisotopic (exact) mass is 334 g/mol. The van der Waals surface area contributed by atoms with Crippen LogP contribution in [-0.4, -0.2) is 13.4 Å². The number of hydrogen-bond acceptors (Lipinski definition) is 3. The summed E-state index contributed by atoms with van der Waals surface area (Å²) in [6.45, 7) is 1.68. The van der Waals surface area contributed by atoms with E-state index in [0.29, 0.717) is 5.56 Å². The number of sulfonamides is 1. The van der Waals surface area contributed by atoms with E-state index in [1.165, 1.54) is 18.3 Å². The van der Waals surface area contributed by atoms with Gasteiger partial charge in [-0.05, 0) is 36.8 Å². The lowest BCUT2D eigenvalue weighted by molar-refractivity contribution is 0.595. The molecule has 0 aliphatic carbocycles. The zero-order chi connectivity index (χ0) is 14.9. The van der Waals surface area contributed by atoms with E-state index in [0.717, 1.165) is 12.1 Å². The molecule has 0 saturated carbocycles. The predicted molar refractivity (Wildman–Crippen MR) is 76.2 cm³/mol. The van der Waals surface area contributed by atoms with Gasteiger partial charge in [0.15, 0.2) is 0 Å². The minimum Gasteiger partial charge on any atom is -0.278 e. The molecule has 8 heteroatoms. The first-order chi connectivity index (χ1) is 9.29. The van der Waals surface area contributed by atoms with Crippen molar-refractivity contribution in [3.05, 3.63) is 52.0 Å². The molecule has 4 nitrogen and oxygen atoms in total. The van der Waals surface area contributed by atoms with E-state index >= 15 is 0 Å². The van der Waals surface area contributed by atoms with E-state index in [4.69, 9.17) is 23.2 Å². The Morgan fingerprint density at radius 3 is 2.60 bits per heavy atom. The first-order valence-electron chi connectivity index (χ1n) is 5.39. The number of nitrogens with zero attached hydrogens (tertiary/aromatic N) is 1. The van der Waals surface area contributed by atoms with Crippen LogP contribution in [0.15, 0.2) is 35.4 Å². The molecule has 1 aromatic carbocycles. The van der Waals surface area contributed by atoms with E-state index in [2.05, 4.69) is 9.71 Å². The van der Waals surface area contributed by atoms with Crippen molar-refractivity contribution >= 4 is 38.9 Å². The van der Waals surface area contributed by atoms with Crippen LogP contribution in [0.2, 0.25) is 10.2 Å². The molecule has 1 N–H and O–H groups in total. The van der Waals surface area contributed by atoms with E-state index in [1.807, 2.05) is 0 Å². The van der Waals surface area contributed by atoms with Gasteiger partial charge in [-0.25, -0.2) is 17.8 Å². The van der Waals surface area contributed by atoms with Crippen LogP contribution < -0.4 is 4.72 Å². The summed E-state index contributed by atoms with van der Waals surface area (Å²) in [7, 11) is -4.00. The van der Waals surface area contributed by atoms with Gasteiger partial charge in [-0.15, -0.1) is 0 Å². The van der Waals surface area contributed by atoms with Crippen LogP contribution in [0.1, 0.15) is 5.56 Å². The summed E-state index contributed by atoms with van der Waals surface area (Å²) in [6.07, 6.45) is 1.26. The van der Waals surface area contributed by atoms with E-state index in [-0.39, 0.29) is 20.8 Å². The molecule has 0 aliphatic rings. The van der Waals surface area contributed by atoms with Crippen LogP contribution in [0.5, 0.6) is 0 Å². The number of anilines is 1. The highest BCUT2D eigenvalue weighted by Crippen LogP contribution is 2.25. The molecule has 0 aliphatic heterocycles. The Balaban J connectivity index is 2.40. The highest BCUT2D eigenvalue weighted by molar-refractivity contribution is 7.92. The van der Waals surface area contributed by atoms with Crippen molar-refractivity contribution in [2.45, 2.75) is 11.8 Å². The summed E-state index contributed by atoms with van der Waals surface area (Å²) < 4.78 is 39.7. The van der Waals surface area contributed by atoms with Crippen molar-refractivity contribution in [1.82, 2.24) is 4.98 Å². The van der Waals surface area contributed by atoms with Gasteiger partial charge in [-0.1, -0.05) is 23.2 Å². The Bertz CT molecular complexity index is 766. The lowest BCUT2D eigenvalue weighted by Crippen LogP contribution is -2.14. The highest BCUT2D eigenvalue weighted by Gasteiger charge is 2.19. The van der Waals surface area contributed by atoms with Crippen LogP contribution in [0.3, 0.4) is 0 Å². The van der Waals surface area contributed by atoms with Crippen molar-refractivity contribution in [3.8, 4) is 0 Å². The standard InChI is InChI=1S/C12H9Cl2FN2O2S/c1-7-4-9(6-16-12(7)14)17-20(18,19)11-5-8(15)2-3-10(11)13/h2-6,17H,1H3. The molecule has 1 aromatic heterocycles. The minimum absolute atomic E-state index is 0.0717. The second kappa shape index (κ2) is 5.55. The molecule has 0 spiro atoms. The smallest absolute Gasteiger partial charge is 0.263 e. The Kier molecular flexibility index (Phi) is 4.17. The third-order valence-electron chi connectivity index (χ3n) is 2.45. The summed E-state index contributed by atoms with van der Waals surface area (Å²) in [6, 6.07) is 4.62. The van der Waals surface area contributed by atoms with Gasteiger partial charge in [0.25, 0.3) is 10.0 Å². The lowest BCUT2D eigenvalue weighted by atomic mass is 10.3. The van der Waals surface area contributed by atoms with Gasteiger partial charge in [-0.3, -0.25) is 4.72 Å². The van der Waals surface area contributed by atoms with E-state index in [1.54, 1.807) is 6.92 Å². The molecule has 0 fully saturated rings. The van der Waals surface area contributed by atoms with Crippen molar-refractivity contribution in [2.24, 2.45) is 0 Å². The molecule has 0 saturated heterocycles. The Hall–Kier alpha value is -1.37. The van der Waals surface area contributed by atoms with Crippen molar-refractivity contribution < 1.29 is 12.8 Å². The molecule has 0 amide bonds. The molecular formula is C12H9Cl2FN2O2S. The average Bonchev–Trinajstić information content (AvgIpc) is 2.36. The number of aromatic nitrogens is 1. The molecule has 0 unspecified atom stereocenters. The molecule has 0 radical (unpaired) electrons. The Labute approximate surface area is 125 Å². The molecule has 1 heterocycles. The average molecular weight is 335 g/mol. The van der Waals surface area contributed by atoms with E-state index in [9.17, 15) is 12.8 Å². The molecule has 0 bridgehead atoms. The number of aryl methyl sites for hydroxylation is 1. The molecule has 0 atom stereocenters. The van der Waals surface area contributed by atoms with Crippen LogP contribution >= 0.6 is 23.2 Å². The van der Waals surface area contributed by atoms with Crippen molar-refractivity contribution in [1.29, 1.82) is 0 Å². The van der Waals surface area contributed by atoms with Gasteiger partial charge in [0.2, 0.25) is 0 Å². The normalized spacial score (nSPS) is 11.4. The zero-order valence-corrected chi connectivity index (χ0v) is 12.5. The zero-order valence-electron chi connectivity index (χ0n) is 10.2. The summed E-state index contributed by atoms with van der Waals surface area (Å²) in [5.74, 6) is -0.694. The second-order valence-electron chi connectivity index (χ2n) is 4.01. The summed E-state index contributed by atoms with van der Waals surface area (Å²) in [4.78, 5) is 3.49. The number of benzene rings is 1. The number of hydrogen-bond donors (Lipinski definition) is 1. The molecule has 2 aromatic rings. The molecule has 20 heavy (non-hydrogen) atoms. The van der Waals surface area contributed by atoms with Gasteiger partial charge in [0.05, 0.1) is 16.9 Å². The molecule has 2 rings (SSSR count). The largest absolute Gasteiger partial charge is 0.278 e. The number of nitrogens with one attached hydrogen (secondary N) is 1. The van der Waals surface area contributed by atoms with Gasteiger partial charge < -0.3 is 0 Å². The summed E-state index contributed by atoms with van der Waals surface area (Å²) in [5, 5.41) is 0.203. The first kappa shape index (κ1) is 15.0. The van der Waals surface area contributed by atoms with Gasteiger partial charge in [0, 0.05) is 0 Å². The van der Waals surface area contributed by atoms with Gasteiger partial charge in [0.1, 0.15) is 15.9 Å². The maximum absolute atomic E-state index is 13.2. The number of halogens is 3. The third-order valence-corrected chi connectivity index (χ3v) is 4.71. The van der Waals surface area contributed by atoms with Crippen LogP contribution in [0.4, 0.5) is 10.1 Å². The van der Waals surface area contributed by atoms with Crippen molar-refractivity contribution in [2.75, 3.05) is 4.72 Å². The quantitative estimate of drug-likeness (QED) is 0.872. The predicted octanol–water partition coefficient (Wildman–Crippen LogP) is 3.64.